The minimum atomic E-state index is 0.309. The molecule has 128 valence electrons. The normalized spacial score (nSPS) is 25.0. The Morgan fingerprint density at radius 1 is 1.17 bits per heavy atom. The lowest BCUT2D eigenvalue weighted by Crippen LogP contribution is -2.56. The van der Waals surface area contributed by atoms with Crippen LogP contribution in [-0.4, -0.2) is 65.7 Å². The van der Waals surface area contributed by atoms with Gasteiger partial charge in [-0.3, -0.25) is 4.90 Å². The van der Waals surface area contributed by atoms with E-state index >= 15 is 0 Å². The Bertz CT molecular complexity index is 518. The van der Waals surface area contributed by atoms with Crippen molar-refractivity contribution < 1.29 is 0 Å². The zero-order chi connectivity index (χ0) is 16.6. The molecule has 1 aromatic rings. The molecule has 6 nitrogen and oxygen atoms in total. The van der Waals surface area contributed by atoms with Crippen molar-refractivity contribution in [3.05, 3.63) is 5.82 Å². The first kappa shape index (κ1) is 16.4. The fourth-order valence-corrected chi connectivity index (χ4v) is 3.64. The number of rotatable bonds is 4. The van der Waals surface area contributed by atoms with Gasteiger partial charge in [0.15, 0.2) is 0 Å². The highest BCUT2D eigenvalue weighted by Crippen LogP contribution is 2.29. The van der Waals surface area contributed by atoms with Crippen molar-refractivity contribution in [2.45, 2.75) is 58.0 Å². The van der Waals surface area contributed by atoms with Crippen LogP contribution in [0.1, 0.15) is 51.8 Å². The molecule has 2 fully saturated rings. The summed E-state index contributed by atoms with van der Waals surface area (Å²) in [4.78, 5) is 21.3. The summed E-state index contributed by atoms with van der Waals surface area (Å²) in [6.07, 6.45) is 3.76. The summed E-state index contributed by atoms with van der Waals surface area (Å²) < 4.78 is 0. The van der Waals surface area contributed by atoms with Gasteiger partial charge in [0.2, 0.25) is 11.9 Å². The SMILES string of the molecule is CCC1CN2CCCC2CN1c1nc(C(C)C)nc(N(C)C)n1. The first-order valence-corrected chi connectivity index (χ1v) is 8.93. The van der Waals surface area contributed by atoms with Crippen molar-refractivity contribution in [2.24, 2.45) is 0 Å². The Balaban J connectivity index is 1.94. The second kappa shape index (κ2) is 6.59. The molecule has 2 atom stereocenters. The van der Waals surface area contributed by atoms with Crippen LogP contribution in [0.2, 0.25) is 0 Å². The van der Waals surface area contributed by atoms with Gasteiger partial charge >= 0.3 is 0 Å². The topological polar surface area (TPSA) is 48.4 Å². The molecule has 0 aromatic carbocycles. The average molecular weight is 318 g/mol. The number of hydrogen-bond donors (Lipinski definition) is 0. The molecule has 0 spiro atoms. The number of anilines is 2. The summed E-state index contributed by atoms with van der Waals surface area (Å²) in [7, 11) is 3.99. The van der Waals surface area contributed by atoms with Crippen LogP contribution in [0.3, 0.4) is 0 Å². The van der Waals surface area contributed by atoms with E-state index in [4.69, 9.17) is 9.97 Å². The highest BCUT2D eigenvalue weighted by atomic mass is 15.4. The molecule has 6 heteroatoms. The van der Waals surface area contributed by atoms with Gasteiger partial charge in [0, 0.05) is 45.2 Å². The van der Waals surface area contributed by atoms with Gasteiger partial charge in [-0.1, -0.05) is 20.8 Å². The molecule has 2 aliphatic rings. The van der Waals surface area contributed by atoms with Crippen LogP contribution in [0, 0.1) is 0 Å². The molecule has 0 aliphatic carbocycles. The molecule has 2 unspecified atom stereocenters. The molecule has 0 radical (unpaired) electrons. The largest absolute Gasteiger partial charge is 0.347 e. The predicted molar refractivity (Wildman–Crippen MR) is 94.3 cm³/mol. The number of hydrogen-bond acceptors (Lipinski definition) is 6. The van der Waals surface area contributed by atoms with Gasteiger partial charge in [-0.15, -0.1) is 0 Å². The van der Waals surface area contributed by atoms with E-state index in [1.807, 2.05) is 19.0 Å². The highest BCUT2D eigenvalue weighted by Gasteiger charge is 2.37. The third-order valence-corrected chi connectivity index (χ3v) is 5.07. The van der Waals surface area contributed by atoms with E-state index in [0.717, 1.165) is 37.2 Å². The number of fused-ring (bicyclic) bond motifs is 1. The van der Waals surface area contributed by atoms with Crippen molar-refractivity contribution in [2.75, 3.05) is 43.5 Å². The maximum absolute atomic E-state index is 4.81. The van der Waals surface area contributed by atoms with Gasteiger partial charge in [0.25, 0.3) is 0 Å². The summed E-state index contributed by atoms with van der Waals surface area (Å²) in [6.45, 7) is 10.0. The fourth-order valence-electron chi connectivity index (χ4n) is 3.64. The molecule has 23 heavy (non-hydrogen) atoms. The summed E-state index contributed by atoms with van der Waals surface area (Å²) in [5.74, 6) is 2.83. The first-order valence-electron chi connectivity index (χ1n) is 8.93. The van der Waals surface area contributed by atoms with Crippen molar-refractivity contribution in [1.82, 2.24) is 19.9 Å². The maximum Gasteiger partial charge on any atom is 0.230 e. The van der Waals surface area contributed by atoms with Crippen LogP contribution in [0.5, 0.6) is 0 Å². The number of nitrogens with zero attached hydrogens (tertiary/aromatic N) is 6. The van der Waals surface area contributed by atoms with Gasteiger partial charge in [-0.25, -0.2) is 0 Å². The summed E-state index contributed by atoms with van der Waals surface area (Å²) >= 11 is 0. The van der Waals surface area contributed by atoms with Crippen LogP contribution in [0.4, 0.5) is 11.9 Å². The van der Waals surface area contributed by atoms with E-state index in [-0.39, 0.29) is 0 Å². The van der Waals surface area contributed by atoms with Gasteiger partial charge in [-0.2, -0.15) is 15.0 Å². The maximum atomic E-state index is 4.81. The lowest BCUT2D eigenvalue weighted by atomic mass is 10.1. The van der Waals surface area contributed by atoms with Crippen molar-refractivity contribution in [3.8, 4) is 0 Å². The summed E-state index contributed by atoms with van der Waals surface area (Å²) in [5.41, 5.74) is 0. The molecule has 0 amide bonds. The monoisotopic (exact) mass is 318 g/mol. The molecule has 3 heterocycles. The molecule has 0 N–H and O–H groups in total. The zero-order valence-electron chi connectivity index (χ0n) is 15.2. The number of aromatic nitrogens is 3. The molecular formula is C17H30N6. The third-order valence-electron chi connectivity index (χ3n) is 5.07. The van der Waals surface area contributed by atoms with E-state index in [0.29, 0.717) is 18.0 Å². The number of piperazine rings is 1. The second-order valence-corrected chi connectivity index (χ2v) is 7.35. The second-order valence-electron chi connectivity index (χ2n) is 7.35. The van der Waals surface area contributed by atoms with Crippen LogP contribution in [0.15, 0.2) is 0 Å². The highest BCUT2D eigenvalue weighted by molar-refractivity contribution is 5.40. The Hall–Kier alpha value is -1.43. The van der Waals surface area contributed by atoms with Crippen LogP contribution >= 0.6 is 0 Å². The summed E-state index contributed by atoms with van der Waals surface area (Å²) in [5, 5.41) is 0. The lowest BCUT2D eigenvalue weighted by molar-refractivity contribution is 0.193. The Kier molecular flexibility index (Phi) is 4.71. The molecule has 1 aromatic heterocycles. The van der Waals surface area contributed by atoms with Gasteiger partial charge in [0.05, 0.1) is 0 Å². The van der Waals surface area contributed by atoms with Gasteiger partial charge < -0.3 is 9.80 Å². The van der Waals surface area contributed by atoms with E-state index in [2.05, 4.69) is 35.6 Å². The van der Waals surface area contributed by atoms with Crippen molar-refractivity contribution in [3.63, 3.8) is 0 Å². The minimum Gasteiger partial charge on any atom is -0.347 e. The van der Waals surface area contributed by atoms with Crippen LogP contribution in [0.25, 0.3) is 0 Å². The fraction of sp³-hybridized carbons (Fsp3) is 0.824. The average Bonchev–Trinajstić information content (AvgIpc) is 3.00. The van der Waals surface area contributed by atoms with Crippen molar-refractivity contribution in [1.29, 1.82) is 0 Å². The molecule has 0 bridgehead atoms. The first-order chi connectivity index (χ1) is 11.0. The van der Waals surface area contributed by atoms with E-state index in [1.54, 1.807) is 0 Å². The zero-order valence-corrected chi connectivity index (χ0v) is 15.2. The quantitative estimate of drug-likeness (QED) is 0.847. The van der Waals surface area contributed by atoms with Gasteiger partial charge in [0.1, 0.15) is 5.82 Å². The van der Waals surface area contributed by atoms with E-state index in [1.165, 1.54) is 19.4 Å². The third kappa shape index (κ3) is 3.27. The molecular weight excluding hydrogens is 288 g/mol. The molecule has 0 saturated carbocycles. The Morgan fingerprint density at radius 3 is 2.61 bits per heavy atom. The standard InChI is InChI=1S/C17H30N6/c1-6-13-10-22-9-7-8-14(22)11-23(13)17-19-15(12(2)3)18-16(20-17)21(4)5/h12-14H,6-11H2,1-5H3. The molecule has 2 aliphatic heterocycles. The van der Waals surface area contributed by atoms with E-state index < -0.39 is 0 Å². The Morgan fingerprint density at radius 2 is 1.96 bits per heavy atom. The lowest BCUT2D eigenvalue weighted by Gasteiger charge is -2.43. The van der Waals surface area contributed by atoms with E-state index in [9.17, 15) is 0 Å². The predicted octanol–water partition coefficient (Wildman–Crippen LogP) is 2.12. The minimum absolute atomic E-state index is 0.309. The molecule has 3 rings (SSSR count). The van der Waals surface area contributed by atoms with Crippen LogP contribution in [-0.2, 0) is 0 Å². The van der Waals surface area contributed by atoms with Crippen molar-refractivity contribution >= 4 is 11.9 Å². The van der Waals surface area contributed by atoms with Gasteiger partial charge in [-0.05, 0) is 25.8 Å². The summed E-state index contributed by atoms with van der Waals surface area (Å²) in [6, 6.07) is 1.17. The smallest absolute Gasteiger partial charge is 0.230 e. The van der Waals surface area contributed by atoms with Crippen LogP contribution < -0.4 is 9.80 Å². The molecule has 2 saturated heterocycles. The Labute approximate surface area is 139 Å².